The molecule has 20 heavy (non-hydrogen) atoms. The predicted molar refractivity (Wildman–Crippen MR) is 78.9 cm³/mol. The van der Waals surface area contributed by atoms with E-state index < -0.39 is 0 Å². The fourth-order valence-corrected chi connectivity index (χ4v) is 2.05. The Balaban J connectivity index is 1.93. The van der Waals surface area contributed by atoms with Gasteiger partial charge in [-0.1, -0.05) is 23.7 Å². The van der Waals surface area contributed by atoms with E-state index in [1.54, 1.807) is 24.5 Å². The standard InChI is InChI=1S/C15H10ClN3O/c16-14-5-4-11(9-18-14)15(20)19-13-3-1-2-10-8-17-7-6-12(10)13/h1-9H,(H,19,20). The molecule has 1 aromatic carbocycles. The van der Waals surface area contributed by atoms with Gasteiger partial charge in [0.15, 0.2) is 0 Å². The van der Waals surface area contributed by atoms with Crippen molar-refractivity contribution in [3.63, 3.8) is 0 Å². The summed E-state index contributed by atoms with van der Waals surface area (Å²) >= 11 is 5.70. The molecule has 98 valence electrons. The SMILES string of the molecule is O=C(Nc1cccc2cnccc12)c1ccc(Cl)nc1. The van der Waals surface area contributed by atoms with Crippen LogP contribution in [0.15, 0.2) is 55.0 Å². The molecule has 0 radical (unpaired) electrons. The van der Waals surface area contributed by atoms with Gasteiger partial charge in [0.1, 0.15) is 5.15 Å². The molecular formula is C15H10ClN3O. The first-order chi connectivity index (χ1) is 9.74. The molecule has 0 aliphatic rings. The number of hydrogen-bond donors (Lipinski definition) is 1. The highest BCUT2D eigenvalue weighted by Crippen LogP contribution is 2.22. The van der Waals surface area contributed by atoms with Crippen LogP contribution < -0.4 is 5.32 Å². The van der Waals surface area contributed by atoms with Crippen molar-refractivity contribution in [3.8, 4) is 0 Å². The largest absolute Gasteiger partial charge is 0.321 e. The van der Waals surface area contributed by atoms with E-state index in [0.29, 0.717) is 10.7 Å². The maximum atomic E-state index is 12.2. The summed E-state index contributed by atoms with van der Waals surface area (Å²) in [5.41, 5.74) is 1.20. The van der Waals surface area contributed by atoms with Gasteiger partial charge < -0.3 is 5.32 Å². The average molecular weight is 284 g/mol. The number of fused-ring (bicyclic) bond motifs is 1. The van der Waals surface area contributed by atoms with E-state index in [1.807, 2.05) is 24.3 Å². The number of aromatic nitrogens is 2. The lowest BCUT2D eigenvalue weighted by atomic mass is 10.1. The molecule has 2 aromatic heterocycles. The minimum Gasteiger partial charge on any atom is -0.321 e. The van der Waals surface area contributed by atoms with Crippen LogP contribution >= 0.6 is 11.6 Å². The fourth-order valence-electron chi connectivity index (χ4n) is 1.94. The number of carbonyl (C=O) groups excluding carboxylic acids is 1. The Morgan fingerprint density at radius 2 is 2.00 bits per heavy atom. The number of nitrogens with zero attached hydrogens (tertiary/aromatic N) is 2. The molecule has 3 rings (SSSR count). The molecule has 1 N–H and O–H groups in total. The van der Waals surface area contributed by atoms with Gasteiger partial charge in [-0.2, -0.15) is 0 Å². The molecule has 0 atom stereocenters. The number of hydrogen-bond acceptors (Lipinski definition) is 3. The summed E-state index contributed by atoms with van der Waals surface area (Å²) in [5.74, 6) is -0.224. The monoisotopic (exact) mass is 283 g/mol. The van der Waals surface area contributed by atoms with Crippen LogP contribution in [0, 0.1) is 0 Å². The molecule has 4 nitrogen and oxygen atoms in total. The number of anilines is 1. The van der Waals surface area contributed by atoms with E-state index in [1.165, 1.54) is 6.20 Å². The van der Waals surface area contributed by atoms with E-state index in [2.05, 4.69) is 15.3 Å². The maximum Gasteiger partial charge on any atom is 0.257 e. The van der Waals surface area contributed by atoms with Gasteiger partial charge in [0.25, 0.3) is 5.91 Å². The molecule has 0 fully saturated rings. The van der Waals surface area contributed by atoms with Crippen molar-refractivity contribution < 1.29 is 4.79 Å². The van der Waals surface area contributed by atoms with E-state index in [-0.39, 0.29) is 5.91 Å². The van der Waals surface area contributed by atoms with Crippen molar-refractivity contribution in [2.24, 2.45) is 0 Å². The lowest BCUT2D eigenvalue weighted by molar-refractivity contribution is 0.102. The molecule has 3 aromatic rings. The first-order valence-electron chi connectivity index (χ1n) is 6.00. The number of rotatable bonds is 2. The van der Waals surface area contributed by atoms with Crippen LogP contribution in [0.5, 0.6) is 0 Å². The van der Waals surface area contributed by atoms with Gasteiger partial charge in [-0.25, -0.2) is 4.98 Å². The lowest BCUT2D eigenvalue weighted by Crippen LogP contribution is -2.12. The smallest absolute Gasteiger partial charge is 0.257 e. The zero-order valence-electron chi connectivity index (χ0n) is 10.4. The van der Waals surface area contributed by atoms with Gasteiger partial charge in [-0.05, 0) is 24.3 Å². The van der Waals surface area contributed by atoms with E-state index in [0.717, 1.165) is 16.5 Å². The van der Waals surface area contributed by atoms with Crippen LogP contribution in [0.3, 0.4) is 0 Å². The van der Waals surface area contributed by atoms with Gasteiger partial charge >= 0.3 is 0 Å². The summed E-state index contributed by atoms with van der Waals surface area (Å²) < 4.78 is 0. The van der Waals surface area contributed by atoms with Crippen LogP contribution in [0.1, 0.15) is 10.4 Å². The normalized spacial score (nSPS) is 10.4. The van der Waals surface area contributed by atoms with Crippen LogP contribution in [0.2, 0.25) is 5.15 Å². The average Bonchev–Trinajstić information content (AvgIpc) is 2.48. The minimum atomic E-state index is -0.224. The first-order valence-corrected chi connectivity index (χ1v) is 6.37. The summed E-state index contributed by atoms with van der Waals surface area (Å²) in [5, 5.41) is 5.14. The van der Waals surface area contributed by atoms with Crippen molar-refractivity contribution in [2.75, 3.05) is 5.32 Å². The van der Waals surface area contributed by atoms with Crippen molar-refractivity contribution in [2.45, 2.75) is 0 Å². The van der Waals surface area contributed by atoms with E-state index in [9.17, 15) is 4.79 Å². The topological polar surface area (TPSA) is 54.9 Å². The summed E-state index contributed by atoms with van der Waals surface area (Å²) in [7, 11) is 0. The summed E-state index contributed by atoms with van der Waals surface area (Å²) in [6.45, 7) is 0. The Morgan fingerprint density at radius 1 is 1.10 bits per heavy atom. The van der Waals surface area contributed by atoms with Gasteiger partial charge in [0.05, 0.1) is 5.56 Å². The third-order valence-electron chi connectivity index (χ3n) is 2.92. The quantitative estimate of drug-likeness (QED) is 0.732. The number of halogens is 1. The van der Waals surface area contributed by atoms with Crippen molar-refractivity contribution in [1.82, 2.24) is 9.97 Å². The summed E-state index contributed by atoms with van der Waals surface area (Å²) in [4.78, 5) is 20.1. The number of amides is 1. The number of benzene rings is 1. The van der Waals surface area contributed by atoms with E-state index in [4.69, 9.17) is 11.6 Å². The van der Waals surface area contributed by atoms with Gasteiger partial charge in [0.2, 0.25) is 0 Å². The van der Waals surface area contributed by atoms with Crippen molar-refractivity contribution in [1.29, 1.82) is 0 Å². The summed E-state index contributed by atoms with van der Waals surface area (Å²) in [6.07, 6.45) is 4.90. The second kappa shape index (κ2) is 5.27. The molecule has 0 bridgehead atoms. The summed E-state index contributed by atoms with van der Waals surface area (Å²) in [6, 6.07) is 10.8. The molecule has 1 amide bonds. The molecule has 0 aliphatic carbocycles. The van der Waals surface area contributed by atoms with E-state index >= 15 is 0 Å². The van der Waals surface area contributed by atoms with Gasteiger partial charge in [-0.3, -0.25) is 9.78 Å². The predicted octanol–water partition coefficient (Wildman–Crippen LogP) is 3.54. The Kier molecular flexibility index (Phi) is 3.31. The molecule has 0 unspecified atom stereocenters. The molecule has 0 saturated carbocycles. The first kappa shape index (κ1) is 12.6. The second-order valence-corrected chi connectivity index (χ2v) is 4.61. The van der Waals surface area contributed by atoms with Crippen LogP contribution in [-0.2, 0) is 0 Å². The highest BCUT2D eigenvalue weighted by atomic mass is 35.5. The molecule has 0 saturated heterocycles. The molecule has 5 heteroatoms. The molecule has 0 spiro atoms. The maximum absolute atomic E-state index is 12.2. The van der Waals surface area contributed by atoms with Crippen LogP contribution in [-0.4, -0.2) is 15.9 Å². The number of pyridine rings is 2. The van der Waals surface area contributed by atoms with Crippen molar-refractivity contribution >= 4 is 34.0 Å². The minimum absolute atomic E-state index is 0.224. The number of nitrogens with one attached hydrogen (secondary N) is 1. The molecule has 0 aliphatic heterocycles. The number of carbonyl (C=O) groups is 1. The third kappa shape index (κ3) is 2.46. The Hall–Kier alpha value is -2.46. The van der Waals surface area contributed by atoms with Crippen molar-refractivity contribution in [3.05, 3.63) is 65.7 Å². The Morgan fingerprint density at radius 3 is 2.80 bits per heavy atom. The molecular weight excluding hydrogens is 274 g/mol. The fraction of sp³-hybridized carbons (Fsp3) is 0. The zero-order chi connectivity index (χ0) is 13.9. The third-order valence-corrected chi connectivity index (χ3v) is 3.14. The Bertz CT molecular complexity index is 766. The van der Waals surface area contributed by atoms with Gasteiger partial charge in [-0.15, -0.1) is 0 Å². The highest BCUT2D eigenvalue weighted by molar-refractivity contribution is 6.29. The van der Waals surface area contributed by atoms with Gasteiger partial charge in [0, 0.05) is 35.1 Å². The lowest BCUT2D eigenvalue weighted by Gasteiger charge is -2.08. The molecule has 2 heterocycles. The van der Waals surface area contributed by atoms with Crippen LogP contribution in [0.4, 0.5) is 5.69 Å². The van der Waals surface area contributed by atoms with Crippen LogP contribution in [0.25, 0.3) is 10.8 Å². The Labute approximate surface area is 120 Å². The highest BCUT2D eigenvalue weighted by Gasteiger charge is 2.08. The zero-order valence-corrected chi connectivity index (χ0v) is 11.1. The second-order valence-electron chi connectivity index (χ2n) is 4.23.